The molecule has 0 atom stereocenters. The number of amides is 1. The summed E-state index contributed by atoms with van der Waals surface area (Å²) in [6, 6.07) is 15.4. The SMILES string of the molecule is NC(=O)c1ccc(F)cc1Nc1ccnc(Nc2ccc(N3CCOCC3)cc2)c1. The zero-order chi connectivity index (χ0) is 20.9. The molecule has 0 bridgehead atoms. The number of ether oxygens (including phenoxy) is 1. The van der Waals surface area contributed by atoms with Gasteiger partial charge in [0.25, 0.3) is 5.91 Å². The minimum Gasteiger partial charge on any atom is -0.378 e. The summed E-state index contributed by atoms with van der Waals surface area (Å²) >= 11 is 0. The van der Waals surface area contributed by atoms with E-state index in [9.17, 15) is 9.18 Å². The monoisotopic (exact) mass is 407 g/mol. The number of carbonyl (C=O) groups is 1. The summed E-state index contributed by atoms with van der Waals surface area (Å²) in [6.07, 6.45) is 1.62. The zero-order valence-corrected chi connectivity index (χ0v) is 16.3. The summed E-state index contributed by atoms with van der Waals surface area (Å²) < 4.78 is 19.0. The maximum atomic E-state index is 13.6. The molecule has 4 rings (SSSR count). The van der Waals surface area contributed by atoms with Gasteiger partial charge in [0.15, 0.2) is 0 Å². The average molecular weight is 407 g/mol. The number of benzene rings is 2. The third kappa shape index (κ3) is 4.66. The lowest BCUT2D eigenvalue weighted by Gasteiger charge is -2.28. The summed E-state index contributed by atoms with van der Waals surface area (Å²) in [5.74, 6) is -0.489. The van der Waals surface area contributed by atoms with Crippen LogP contribution in [-0.4, -0.2) is 37.2 Å². The molecule has 0 saturated carbocycles. The van der Waals surface area contributed by atoms with Crippen molar-refractivity contribution in [2.75, 3.05) is 41.8 Å². The number of hydrogen-bond acceptors (Lipinski definition) is 6. The molecule has 1 aliphatic heterocycles. The molecule has 1 fully saturated rings. The van der Waals surface area contributed by atoms with Gasteiger partial charge in [-0.1, -0.05) is 0 Å². The first-order valence-corrected chi connectivity index (χ1v) is 9.61. The van der Waals surface area contributed by atoms with Gasteiger partial charge in [-0.05, 0) is 48.5 Å². The average Bonchev–Trinajstić information content (AvgIpc) is 2.75. The van der Waals surface area contributed by atoms with Crippen molar-refractivity contribution in [2.24, 2.45) is 5.73 Å². The molecule has 0 spiro atoms. The second-order valence-corrected chi connectivity index (χ2v) is 6.88. The molecule has 7 nitrogen and oxygen atoms in total. The van der Waals surface area contributed by atoms with Gasteiger partial charge in [0.1, 0.15) is 11.6 Å². The fraction of sp³-hybridized carbons (Fsp3) is 0.182. The Bertz CT molecular complexity index is 1040. The molecule has 4 N–H and O–H groups in total. The second kappa shape index (κ2) is 8.79. The third-order valence-corrected chi connectivity index (χ3v) is 4.80. The number of nitrogens with zero attached hydrogens (tertiary/aromatic N) is 2. The van der Waals surface area contributed by atoms with E-state index < -0.39 is 11.7 Å². The Morgan fingerprint density at radius 2 is 1.77 bits per heavy atom. The third-order valence-electron chi connectivity index (χ3n) is 4.80. The molecular weight excluding hydrogens is 385 g/mol. The van der Waals surface area contributed by atoms with E-state index in [0.717, 1.165) is 37.7 Å². The number of nitrogens with one attached hydrogen (secondary N) is 2. The van der Waals surface area contributed by atoms with E-state index in [-0.39, 0.29) is 5.56 Å². The van der Waals surface area contributed by atoms with Crippen molar-refractivity contribution >= 4 is 34.5 Å². The molecule has 1 amide bonds. The van der Waals surface area contributed by atoms with Crippen molar-refractivity contribution in [3.05, 3.63) is 72.2 Å². The van der Waals surface area contributed by atoms with Gasteiger partial charge in [0.2, 0.25) is 0 Å². The van der Waals surface area contributed by atoms with Crippen molar-refractivity contribution < 1.29 is 13.9 Å². The maximum Gasteiger partial charge on any atom is 0.250 e. The largest absolute Gasteiger partial charge is 0.378 e. The highest BCUT2D eigenvalue weighted by atomic mass is 19.1. The maximum absolute atomic E-state index is 13.6. The van der Waals surface area contributed by atoms with Crippen LogP contribution >= 0.6 is 0 Å². The van der Waals surface area contributed by atoms with Crippen LogP contribution in [0, 0.1) is 5.82 Å². The van der Waals surface area contributed by atoms with Crippen LogP contribution in [-0.2, 0) is 4.74 Å². The van der Waals surface area contributed by atoms with Gasteiger partial charge in [-0.3, -0.25) is 4.79 Å². The van der Waals surface area contributed by atoms with E-state index in [2.05, 4.69) is 32.7 Å². The number of halogens is 1. The van der Waals surface area contributed by atoms with Crippen LogP contribution in [0.3, 0.4) is 0 Å². The minimum atomic E-state index is -0.634. The lowest BCUT2D eigenvalue weighted by atomic mass is 10.1. The standard InChI is InChI=1S/C22H22FN5O2/c23-15-1-6-19(22(24)29)20(13-15)26-17-7-8-25-21(14-17)27-16-2-4-18(5-3-16)28-9-11-30-12-10-28/h1-8,13-14H,9-12H2,(H2,24,29)(H2,25,26,27). The normalized spacial score (nSPS) is 13.7. The highest BCUT2D eigenvalue weighted by molar-refractivity contribution is 5.99. The second-order valence-electron chi connectivity index (χ2n) is 6.88. The Kier molecular flexibility index (Phi) is 5.76. The van der Waals surface area contributed by atoms with Crippen LogP contribution in [0.2, 0.25) is 0 Å². The Morgan fingerprint density at radius 1 is 1.00 bits per heavy atom. The zero-order valence-electron chi connectivity index (χ0n) is 16.3. The van der Waals surface area contributed by atoms with Crippen LogP contribution in [0.25, 0.3) is 0 Å². The first-order chi connectivity index (χ1) is 14.6. The molecule has 1 aliphatic rings. The highest BCUT2D eigenvalue weighted by Gasteiger charge is 2.12. The highest BCUT2D eigenvalue weighted by Crippen LogP contribution is 2.25. The number of nitrogens with two attached hydrogens (primary N) is 1. The topological polar surface area (TPSA) is 92.5 Å². The number of rotatable bonds is 6. The molecule has 8 heteroatoms. The van der Waals surface area contributed by atoms with Gasteiger partial charge in [-0.2, -0.15) is 0 Å². The van der Waals surface area contributed by atoms with Crippen molar-refractivity contribution in [2.45, 2.75) is 0 Å². The number of primary amides is 1. The van der Waals surface area contributed by atoms with E-state index in [1.807, 2.05) is 12.1 Å². The van der Waals surface area contributed by atoms with Crippen LogP contribution in [0.15, 0.2) is 60.8 Å². The summed E-state index contributed by atoms with van der Waals surface area (Å²) in [5.41, 5.74) is 8.57. The molecule has 0 aliphatic carbocycles. The first kappa shape index (κ1) is 19.7. The van der Waals surface area contributed by atoms with Crippen molar-refractivity contribution in [1.82, 2.24) is 4.98 Å². The number of carbonyl (C=O) groups excluding carboxylic acids is 1. The van der Waals surface area contributed by atoms with Gasteiger partial charge in [0, 0.05) is 42.4 Å². The summed E-state index contributed by atoms with van der Waals surface area (Å²) in [7, 11) is 0. The van der Waals surface area contributed by atoms with Crippen molar-refractivity contribution in [3.63, 3.8) is 0 Å². The molecule has 0 radical (unpaired) electrons. The number of pyridine rings is 1. The summed E-state index contributed by atoms with van der Waals surface area (Å²) in [4.78, 5) is 18.2. The smallest absolute Gasteiger partial charge is 0.250 e. The predicted molar refractivity (Wildman–Crippen MR) is 115 cm³/mol. The van der Waals surface area contributed by atoms with Crippen LogP contribution in [0.5, 0.6) is 0 Å². The molecule has 154 valence electrons. The Morgan fingerprint density at radius 3 is 2.50 bits per heavy atom. The quantitative estimate of drug-likeness (QED) is 0.578. The fourth-order valence-electron chi connectivity index (χ4n) is 3.29. The van der Waals surface area contributed by atoms with E-state index >= 15 is 0 Å². The molecule has 30 heavy (non-hydrogen) atoms. The van der Waals surface area contributed by atoms with E-state index in [4.69, 9.17) is 10.5 Å². The molecular formula is C22H22FN5O2. The molecule has 2 aromatic carbocycles. The Labute approximate surface area is 173 Å². The minimum absolute atomic E-state index is 0.210. The first-order valence-electron chi connectivity index (χ1n) is 9.61. The van der Waals surface area contributed by atoms with Crippen LogP contribution < -0.4 is 21.3 Å². The number of morpholine rings is 1. The lowest BCUT2D eigenvalue weighted by molar-refractivity contribution is 0.100. The predicted octanol–water partition coefficient (Wildman–Crippen LogP) is 3.64. The van der Waals surface area contributed by atoms with Gasteiger partial charge in [-0.15, -0.1) is 0 Å². The number of anilines is 5. The fourth-order valence-corrected chi connectivity index (χ4v) is 3.29. The molecule has 2 heterocycles. The van der Waals surface area contributed by atoms with Gasteiger partial charge in [-0.25, -0.2) is 9.37 Å². The van der Waals surface area contributed by atoms with Crippen molar-refractivity contribution in [1.29, 1.82) is 0 Å². The lowest BCUT2D eigenvalue weighted by Crippen LogP contribution is -2.36. The van der Waals surface area contributed by atoms with Crippen molar-refractivity contribution in [3.8, 4) is 0 Å². The molecule has 1 saturated heterocycles. The van der Waals surface area contributed by atoms with Crippen LogP contribution in [0.4, 0.5) is 33.0 Å². The Balaban J connectivity index is 1.48. The molecule has 1 aromatic heterocycles. The van der Waals surface area contributed by atoms with Crippen LogP contribution in [0.1, 0.15) is 10.4 Å². The van der Waals surface area contributed by atoms with Gasteiger partial charge < -0.3 is 26.0 Å². The van der Waals surface area contributed by atoms with E-state index in [0.29, 0.717) is 17.2 Å². The van der Waals surface area contributed by atoms with E-state index in [1.54, 1.807) is 18.3 Å². The Hall–Kier alpha value is -3.65. The van der Waals surface area contributed by atoms with Gasteiger partial charge >= 0.3 is 0 Å². The van der Waals surface area contributed by atoms with E-state index in [1.165, 1.54) is 18.2 Å². The summed E-state index contributed by atoms with van der Waals surface area (Å²) in [5, 5.41) is 6.28. The number of hydrogen-bond donors (Lipinski definition) is 3. The van der Waals surface area contributed by atoms with Gasteiger partial charge in [0.05, 0.1) is 24.5 Å². The number of aromatic nitrogens is 1. The summed E-state index contributed by atoms with van der Waals surface area (Å²) in [6.45, 7) is 3.25. The molecule has 3 aromatic rings. The molecule has 0 unspecified atom stereocenters.